The number of piperidine rings is 1. The summed E-state index contributed by atoms with van der Waals surface area (Å²) in [6, 6.07) is 1.71. The summed E-state index contributed by atoms with van der Waals surface area (Å²) in [5.41, 5.74) is 6.43. The summed E-state index contributed by atoms with van der Waals surface area (Å²) in [4.78, 5) is 10.7. The molecule has 0 amide bonds. The van der Waals surface area contributed by atoms with Gasteiger partial charge in [0.05, 0.1) is 11.2 Å². The molecular weight excluding hydrogens is 276 g/mol. The highest BCUT2D eigenvalue weighted by Gasteiger charge is 2.23. The highest BCUT2D eigenvalue weighted by atomic mass is 35.5. The van der Waals surface area contributed by atoms with Crippen LogP contribution in [0.25, 0.3) is 11.3 Å². The van der Waals surface area contributed by atoms with Gasteiger partial charge in [0.15, 0.2) is 11.7 Å². The molecular formula is C14H17ClN4O. The van der Waals surface area contributed by atoms with E-state index in [1.165, 1.54) is 6.20 Å². The van der Waals surface area contributed by atoms with Gasteiger partial charge < -0.3 is 15.1 Å². The van der Waals surface area contributed by atoms with E-state index in [-0.39, 0.29) is 0 Å². The second-order valence-electron chi connectivity index (χ2n) is 5.23. The molecule has 0 aliphatic carbocycles. The minimum absolute atomic E-state index is 0.387. The van der Waals surface area contributed by atoms with Crippen molar-refractivity contribution in [3.8, 4) is 11.3 Å². The van der Waals surface area contributed by atoms with Crippen molar-refractivity contribution < 1.29 is 4.42 Å². The van der Waals surface area contributed by atoms with Gasteiger partial charge in [-0.3, -0.25) is 0 Å². The molecule has 2 aromatic rings. The van der Waals surface area contributed by atoms with Crippen LogP contribution < -0.4 is 5.73 Å². The Kier molecular flexibility index (Phi) is 3.63. The topological polar surface area (TPSA) is 68.2 Å². The van der Waals surface area contributed by atoms with Crippen LogP contribution in [0.2, 0.25) is 5.02 Å². The van der Waals surface area contributed by atoms with E-state index in [0.717, 1.165) is 37.4 Å². The highest BCUT2D eigenvalue weighted by Crippen LogP contribution is 2.33. The van der Waals surface area contributed by atoms with Gasteiger partial charge in [0.1, 0.15) is 5.82 Å². The SMILES string of the molecule is CN1CCC(c2ncc(-c3cc(N)ncc3Cl)o2)CC1. The normalized spacial score (nSPS) is 17.5. The van der Waals surface area contributed by atoms with Crippen LogP contribution in [0.3, 0.4) is 0 Å². The maximum absolute atomic E-state index is 6.13. The highest BCUT2D eigenvalue weighted by molar-refractivity contribution is 6.33. The number of hydrogen-bond donors (Lipinski definition) is 1. The fraction of sp³-hybridized carbons (Fsp3) is 0.429. The Morgan fingerprint density at radius 3 is 2.80 bits per heavy atom. The molecule has 2 N–H and O–H groups in total. The van der Waals surface area contributed by atoms with Crippen molar-refractivity contribution in [1.29, 1.82) is 0 Å². The molecule has 6 heteroatoms. The van der Waals surface area contributed by atoms with Gasteiger partial charge in [-0.25, -0.2) is 9.97 Å². The van der Waals surface area contributed by atoms with Crippen molar-refractivity contribution in [3.63, 3.8) is 0 Å². The third-order valence-electron chi connectivity index (χ3n) is 3.73. The van der Waals surface area contributed by atoms with Crippen LogP contribution in [0.15, 0.2) is 22.9 Å². The Balaban J connectivity index is 1.85. The van der Waals surface area contributed by atoms with Crippen LogP contribution in [0.5, 0.6) is 0 Å². The van der Waals surface area contributed by atoms with Crippen LogP contribution in [-0.4, -0.2) is 35.0 Å². The van der Waals surface area contributed by atoms with Crippen molar-refractivity contribution >= 4 is 17.4 Å². The van der Waals surface area contributed by atoms with Gasteiger partial charge in [-0.2, -0.15) is 0 Å². The Morgan fingerprint density at radius 2 is 2.05 bits per heavy atom. The van der Waals surface area contributed by atoms with E-state index >= 15 is 0 Å². The number of hydrogen-bond acceptors (Lipinski definition) is 5. The largest absolute Gasteiger partial charge is 0.440 e. The zero-order chi connectivity index (χ0) is 14.1. The van der Waals surface area contributed by atoms with Crippen molar-refractivity contribution in [2.24, 2.45) is 0 Å². The number of nitrogen functional groups attached to an aromatic ring is 1. The summed E-state index contributed by atoms with van der Waals surface area (Å²) in [6.07, 6.45) is 5.39. The summed E-state index contributed by atoms with van der Waals surface area (Å²) in [5.74, 6) is 2.25. The number of rotatable bonds is 2. The first kappa shape index (κ1) is 13.4. The molecule has 0 bridgehead atoms. The lowest BCUT2D eigenvalue weighted by atomic mass is 9.97. The summed E-state index contributed by atoms with van der Waals surface area (Å²) in [6.45, 7) is 2.15. The van der Waals surface area contributed by atoms with Gasteiger partial charge >= 0.3 is 0 Å². The lowest BCUT2D eigenvalue weighted by Crippen LogP contribution is -2.29. The first-order valence-corrected chi connectivity index (χ1v) is 7.07. The van der Waals surface area contributed by atoms with Crippen LogP contribution in [0, 0.1) is 0 Å². The number of oxazole rings is 1. The lowest BCUT2D eigenvalue weighted by Gasteiger charge is -2.26. The number of aromatic nitrogens is 2. The predicted molar refractivity (Wildman–Crippen MR) is 78.6 cm³/mol. The number of anilines is 1. The monoisotopic (exact) mass is 292 g/mol. The third kappa shape index (κ3) is 2.64. The van der Waals surface area contributed by atoms with Crippen molar-refractivity contribution in [2.75, 3.05) is 25.9 Å². The van der Waals surface area contributed by atoms with E-state index in [1.807, 2.05) is 0 Å². The molecule has 0 saturated carbocycles. The van der Waals surface area contributed by atoms with E-state index in [1.54, 1.807) is 12.3 Å². The van der Waals surface area contributed by atoms with Gasteiger partial charge in [0.2, 0.25) is 0 Å². The predicted octanol–water partition coefficient (Wildman–Crippen LogP) is 2.78. The van der Waals surface area contributed by atoms with Gasteiger partial charge in [-0.15, -0.1) is 0 Å². The summed E-state index contributed by atoms with van der Waals surface area (Å²) in [7, 11) is 2.14. The van der Waals surface area contributed by atoms with E-state index in [2.05, 4.69) is 21.9 Å². The van der Waals surface area contributed by atoms with Crippen LogP contribution in [0.4, 0.5) is 5.82 Å². The lowest BCUT2D eigenvalue weighted by molar-refractivity contribution is 0.238. The molecule has 1 saturated heterocycles. The van der Waals surface area contributed by atoms with Crippen molar-refractivity contribution in [1.82, 2.24) is 14.9 Å². The van der Waals surface area contributed by atoms with Crippen LogP contribution in [0.1, 0.15) is 24.7 Å². The fourth-order valence-corrected chi connectivity index (χ4v) is 2.70. The standard InChI is InChI=1S/C14H17ClN4O/c1-19-4-2-9(3-5-19)14-18-8-12(20-14)10-6-13(16)17-7-11(10)15/h6-9H,2-5H2,1H3,(H2,16,17). The molecule has 20 heavy (non-hydrogen) atoms. The first-order chi connectivity index (χ1) is 9.63. The maximum atomic E-state index is 6.13. The van der Waals surface area contributed by atoms with Crippen molar-refractivity contribution in [3.05, 3.63) is 29.4 Å². The second kappa shape index (κ2) is 5.42. The quantitative estimate of drug-likeness (QED) is 0.922. The molecule has 0 atom stereocenters. The molecule has 1 aliphatic rings. The molecule has 1 fully saturated rings. The first-order valence-electron chi connectivity index (χ1n) is 6.69. The molecule has 3 rings (SSSR count). The molecule has 0 unspecified atom stereocenters. The Bertz CT molecular complexity index is 605. The third-order valence-corrected chi connectivity index (χ3v) is 4.03. The fourth-order valence-electron chi connectivity index (χ4n) is 2.50. The van der Waals surface area contributed by atoms with E-state index in [0.29, 0.717) is 22.5 Å². The average molecular weight is 293 g/mol. The molecule has 0 aromatic carbocycles. The number of halogens is 1. The minimum atomic E-state index is 0.387. The molecule has 3 heterocycles. The molecule has 1 aliphatic heterocycles. The Hall–Kier alpha value is -1.59. The second-order valence-corrected chi connectivity index (χ2v) is 5.64. The van der Waals surface area contributed by atoms with Crippen LogP contribution in [-0.2, 0) is 0 Å². The zero-order valence-electron chi connectivity index (χ0n) is 11.3. The van der Waals surface area contributed by atoms with Gasteiger partial charge in [-0.05, 0) is 39.0 Å². The molecule has 0 radical (unpaired) electrons. The summed E-state index contributed by atoms with van der Waals surface area (Å²) < 4.78 is 5.88. The molecule has 0 spiro atoms. The number of nitrogens with two attached hydrogens (primary N) is 1. The smallest absolute Gasteiger partial charge is 0.198 e. The Morgan fingerprint density at radius 1 is 1.30 bits per heavy atom. The van der Waals surface area contributed by atoms with Gasteiger partial charge in [0, 0.05) is 17.7 Å². The Labute approximate surface area is 122 Å². The van der Waals surface area contributed by atoms with E-state index < -0.39 is 0 Å². The molecule has 2 aromatic heterocycles. The van der Waals surface area contributed by atoms with Gasteiger partial charge in [-0.1, -0.05) is 11.6 Å². The molecule has 106 valence electrons. The summed E-state index contributed by atoms with van der Waals surface area (Å²) in [5, 5.41) is 0.519. The minimum Gasteiger partial charge on any atom is -0.440 e. The maximum Gasteiger partial charge on any atom is 0.198 e. The molecule has 5 nitrogen and oxygen atoms in total. The van der Waals surface area contributed by atoms with Crippen LogP contribution >= 0.6 is 11.6 Å². The van der Waals surface area contributed by atoms with E-state index in [9.17, 15) is 0 Å². The summed E-state index contributed by atoms with van der Waals surface area (Å²) >= 11 is 6.13. The average Bonchev–Trinajstić information content (AvgIpc) is 2.92. The number of likely N-dealkylation sites (tertiary alicyclic amines) is 1. The van der Waals surface area contributed by atoms with Gasteiger partial charge in [0.25, 0.3) is 0 Å². The van der Waals surface area contributed by atoms with E-state index in [4.69, 9.17) is 21.8 Å². The number of nitrogens with zero attached hydrogens (tertiary/aromatic N) is 3. The van der Waals surface area contributed by atoms with Crippen molar-refractivity contribution in [2.45, 2.75) is 18.8 Å². The number of pyridine rings is 1. The zero-order valence-corrected chi connectivity index (χ0v) is 12.1.